The zero-order valence-corrected chi connectivity index (χ0v) is 18.5. The average Bonchev–Trinajstić information content (AvgIpc) is 2.75. The second-order valence-corrected chi connectivity index (χ2v) is 7.44. The standard InChI is InChI=1S/C21H23IN2O5/c1-27-17-9-8-15(12-24-16(11-22)10-18(24)25)20(28-2)19(17)23-21(26)29-13-14-6-4-3-5-7-14/h3-9,16H,10-13H2,1-2H3,(H,23,26). The van der Waals surface area contributed by atoms with E-state index in [1.807, 2.05) is 41.3 Å². The summed E-state index contributed by atoms with van der Waals surface area (Å²) >= 11 is 2.28. The Labute approximate surface area is 183 Å². The van der Waals surface area contributed by atoms with E-state index >= 15 is 0 Å². The van der Waals surface area contributed by atoms with Gasteiger partial charge in [-0.05, 0) is 17.7 Å². The lowest BCUT2D eigenvalue weighted by Crippen LogP contribution is -2.52. The van der Waals surface area contributed by atoms with Crippen LogP contribution in [0.25, 0.3) is 0 Å². The minimum absolute atomic E-state index is 0.112. The normalized spacial score (nSPS) is 15.5. The van der Waals surface area contributed by atoms with Crippen molar-refractivity contribution in [2.24, 2.45) is 0 Å². The maximum atomic E-state index is 12.4. The van der Waals surface area contributed by atoms with E-state index in [0.717, 1.165) is 15.6 Å². The number of amides is 2. The molecule has 1 fully saturated rings. The molecule has 0 radical (unpaired) electrons. The van der Waals surface area contributed by atoms with Crippen LogP contribution in [0.3, 0.4) is 0 Å². The summed E-state index contributed by atoms with van der Waals surface area (Å²) in [5.74, 6) is 1.01. The molecule has 3 rings (SSSR count). The number of carbonyl (C=O) groups excluding carboxylic acids is 2. The van der Waals surface area contributed by atoms with E-state index in [2.05, 4.69) is 27.9 Å². The largest absolute Gasteiger partial charge is 0.494 e. The predicted molar refractivity (Wildman–Crippen MR) is 118 cm³/mol. The number of anilines is 1. The number of nitrogens with one attached hydrogen (secondary N) is 1. The number of rotatable bonds is 8. The molecule has 1 N–H and O–H groups in total. The van der Waals surface area contributed by atoms with Gasteiger partial charge in [-0.25, -0.2) is 4.79 Å². The number of likely N-dealkylation sites (tertiary alicyclic amines) is 1. The number of hydrogen-bond donors (Lipinski definition) is 1. The molecule has 1 heterocycles. The van der Waals surface area contributed by atoms with Gasteiger partial charge < -0.3 is 19.1 Å². The van der Waals surface area contributed by atoms with Gasteiger partial charge in [0.15, 0.2) is 5.75 Å². The summed E-state index contributed by atoms with van der Waals surface area (Å²) in [6.45, 7) is 0.560. The van der Waals surface area contributed by atoms with Crippen molar-refractivity contribution in [3.63, 3.8) is 0 Å². The molecule has 2 amide bonds. The molecule has 0 bridgehead atoms. The molecule has 0 aromatic heterocycles. The quantitative estimate of drug-likeness (QED) is 0.330. The molecular weight excluding hydrogens is 487 g/mol. The van der Waals surface area contributed by atoms with Crippen LogP contribution in [-0.4, -0.2) is 41.6 Å². The molecule has 1 aliphatic rings. The second-order valence-electron chi connectivity index (χ2n) is 6.56. The minimum atomic E-state index is -0.618. The summed E-state index contributed by atoms with van der Waals surface area (Å²) in [6, 6.07) is 13.2. The Morgan fingerprint density at radius 1 is 1.17 bits per heavy atom. The first kappa shape index (κ1) is 21.2. The Bertz CT molecular complexity index is 875. The van der Waals surface area contributed by atoms with Gasteiger partial charge in [0.05, 0.1) is 14.2 Å². The summed E-state index contributed by atoms with van der Waals surface area (Å²) in [4.78, 5) is 26.2. The van der Waals surface area contributed by atoms with E-state index < -0.39 is 6.09 Å². The van der Waals surface area contributed by atoms with Crippen LogP contribution in [0, 0.1) is 0 Å². The van der Waals surface area contributed by atoms with E-state index in [9.17, 15) is 9.59 Å². The maximum absolute atomic E-state index is 12.4. The van der Waals surface area contributed by atoms with Crippen LogP contribution in [0.4, 0.5) is 10.5 Å². The Hall–Kier alpha value is -2.49. The highest BCUT2D eigenvalue weighted by molar-refractivity contribution is 14.1. The molecule has 2 aromatic carbocycles. The lowest BCUT2D eigenvalue weighted by atomic mass is 10.0. The fourth-order valence-electron chi connectivity index (χ4n) is 3.17. The van der Waals surface area contributed by atoms with Crippen LogP contribution >= 0.6 is 22.6 Å². The highest BCUT2D eigenvalue weighted by Gasteiger charge is 2.35. The summed E-state index contributed by atoms with van der Waals surface area (Å²) < 4.78 is 17.1. The molecule has 1 aliphatic heterocycles. The zero-order valence-electron chi connectivity index (χ0n) is 16.3. The Morgan fingerprint density at radius 3 is 2.55 bits per heavy atom. The van der Waals surface area contributed by atoms with Crippen LogP contribution < -0.4 is 14.8 Å². The lowest BCUT2D eigenvalue weighted by molar-refractivity contribution is -0.145. The van der Waals surface area contributed by atoms with Crippen molar-refractivity contribution in [1.29, 1.82) is 0 Å². The Kier molecular flexibility index (Phi) is 7.18. The van der Waals surface area contributed by atoms with Gasteiger partial charge in [-0.2, -0.15) is 0 Å². The third-order valence-electron chi connectivity index (χ3n) is 4.76. The van der Waals surface area contributed by atoms with Crippen molar-refractivity contribution in [2.45, 2.75) is 25.6 Å². The number of nitrogens with zero attached hydrogens (tertiary/aromatic N) is 1. The SMILES string of the molecule is COc1ccc(CN2C(=O)CC2CI)c(OC)c1NC(=O)OCc1ccccc1. The van der Waals surface area contributed by atoms with E-state index in [-0.39, 0.29) is 18.6 Å². The number of hydrogen-bond acceptors (Lipinski definition) is 5. The van der Waals surface area contributed by atoms with Crippen LogP contribution in [-0.2, 0) is 22.7 Å². The first-order valence-electron chi connectivity index (χ1n) is 9.14. The number of ether oxygens (including phenoxy) is 3. The molecule has 8 heteroatoms. The van der Waals surface area contributed by atoms with Gasteiger partial charge in [-0.1, -0.05) is 52.9 Å². The topological polar surface area (TPSA) is 77.1 Å². The van der Waals surface area contributed by atoms with E-state index in [4.69, 9.17) is 14.2 Å². The van der Waals surface area contributed by atoms with Gasteiger partial charge in [0.1, 0.15) is 18.0 Å². The van der Waals surface area contributed by atoms with Gasteiger partial charge in [0.2, 0.25) is 5.91 Å². The summed E-state index contributed by atoms with van der Waals surface area (Å²) in [7, 11) is 3.03. The molecule has 1 unspecified atom stereocenters. The van der Waals surface area contributed by atoms with Crippen molar-refractivity contribution in [3.8, 4) is 11.5 Å². The molecule has 0 saturated carbocycles. The highest BCUT2D eigenvalue weighted by Crippen LogP contribution is 2.39. The Balaban J connectivity index is 1.77. The van der Waals surface area contributed by atoms with Gasteiger partial charge in [0, 0.05) is 29.0 Å². The van der Waals surface area contributed by atoms with Crippen molar-refractivity contribution in [1.82, 2.24) is 4.90 Å². The van der Waals surface area contributed by atoms with Crippen molar-refractivity contribution < 1.29 is 23.8 Å². The van der Waals surface area contributed by atoms with Crippen molar-refractivity contribution >= 4 is 40.3 Å². The first-order valence-corrected chi connectivity index (χ1v) is 10.7. The fraction of sp³-hybridized carbons (Fsp3) is 0.333. The molecule has 2 aromatic rings. The predicted octanol–water partition coefficient (Wildman–Crippen LogP) is 3.99. The molecule has 7 nitrogen and oxygen atoms in total. The highest BCUT2D eigenvalue weighted by atomic mass is 127. The fourth-order valence-corrected chi connectivity index (χ4v) is 3.96. The smallest absolute Gasteiger partial charge is 0.412 e. The number of benzene rings is 2. The van der Waals surface area contributed by atoms with Gasteiger partial charge in [0.25, 0.3) is 0 Å². The molecule has 29 heavy (non-hydrogen) atoms. The molecule has 1 saturated heterocycles. The summed E-state index contributed by atoms with van der Waals surface area (Å²) in [6.07, 6.45) is -0.0500. The van der Waals surface area contributed by atoms with Crippen molar-refractivity contribution in [3.05, 3.63) is 53.6 Å². The molecule has 0 aliphatic carbocycles. The third kappa shape index (κ3) is 4.92. The number of methoxy groups -OCH3 is 2. The number of carbonyl (C=O) groups is 2. The van der Waals surface area contributed by atoms with Gasteiger partial charge in [-0.3, -0.25) is 10.1 Å². The van der Waals surface area contributed by atoms with E-state index in [1.165, 1.54) is 14.2 Å². The van der Waals surface area contributed by atoms with E-state index in [0.29, 0.717) is 30.2 Å². The zero-order chi connectivity index (χ0) is 20.8. The number of halogens is 1. The van der Waals surface area contributed by atoms with E-state index in [1.54, 1.807) is 6.07 Å². The summed E-state index contributed by atoms with van der Waals surface area (Å²) in [5.41, 5.74) is 2.05. The average molecular weight is 510 g/mol. The third-order valence-corrected chi connectivity index (χ3v) is 5.77. The second kappa shape index (κ2) is 9.82. The Morgan fingerprint density at radius 2 is 1.93 bits per heavy atom. The monoisotopic (exact) mass is 510 g/mol. The minimum Gasteiger partial charge on any atom is -0.494 e. The maximum Gasteiger partial charge on any atom is 0.412 e. The van der Waals surface area contributed by atoms with Gasteiger partial charge >= 0.3 is 6.09 Å². The molecule has 154 valence electrons. The van der Waals surface area contributed by atoms with Crippen LogP contribution in [0.5, 0.6) is 11.5 Å². The number of alkyl halides is 1. The summed E-state index contributed by atoms with van der Waals surface area (Å²) in [5, 5.41) is 2.72. The lowest BCUT2D eigenvalue weighted by Gasteiger charge is -2.40. The van der Waals surface area contributed by atoms with Crippen LogP contribution in [0.2, 0.25) is 0 Å². The molecule has 1 atom stereocenters. The van der Waals surface area contributed by atoms with Crippen molar-refractivity contribution in [2.75, 3.05) is 24.0 Å². The molecular formula is C21H23IN2O5. The first-order chi connectivity index (χ1) is 14.1. The van der Waals surface area contributed by atoms with Gasteiger partial charge in [-0.15, -0.1) is 0 Å². The molecule has 0 spiro atoms. The number of β-lactam (4-membered cyclic amide) rings is 1. The van der Waals surface area contributed by atoms with Crippen LogP contribution in [0.1, 0.15) is 17.5 Å². The van der Waals surface area contributed by atoms with Crippen LogP contribution in [0.15, 0.2) is 42.5 Å².